The van der Waals surface area contributed by atoms with Gasteiger partial charge in [0.2, 0.25) is 0 Å². The van der Waals surface area contributed by atoms with E-state index in [1.165, 1.54) is 140 Å². The highest BCUT2D eigenvalue weighted by molar-refractivity contribution is 5.82. The number of carbonyl (C=O) groups excluding carboxylic acids is 3. The molecular formula is C59H98O8. The Balaban J connectivity index is 4.78. The second kappa shape index (κ2) is 53.1. The lowest BCUT2D eigenvalue weighted by atomic mass is 10.1. The minimum Gasteiger partial charge on any atom is -0.462 e. The average Bonchev–Trinajstić information content (AvgIpc) is 3.33. The topological polar surface area (TPSA) is 108 Å². The van der Waals surface area contributed by atoms with Crippen LogP contribution in [0.5, 0.6) is 0 Å². The second-order valence-electron chi connectivity index (χ2n) is 17.8. The van der Waals surface area contributed by atoms with E-state index in [2.05, 4.69) is 68.2 Å². The van der Waals surface area contributed by atoms with Gasteiger partial charge in [-0.25, -0.2) is 10.1 Å². The maximum Gasteiger partial charge on any atom is 0.330 e. The fraction of sp³-hybridized carbons (Fsp3) is 0.678. The van der Waals surface area contributed by atoms with E-state index in [-0.39, 0.29) is 31.4 Å². The van der Waals surface area contributed by atoms with E-state index >= 15 is 0 Å². The molecule has 0 aromatic rings. The van der Waals surface area contributed by atoms with E-state index < -0.39 is 18.0 Å². The Bertz CT molecular complexity index is 1380. The molecule has 0 aliphatic heterocycles. The number of hydrogen-bond donors (Lipinski definition) is 1. The molecule has 0 fully saturated rings. The zero-order valence-electron chi connectivity index (χ0n) is 43.0. The predicted octanol–water partition coefficient (Wildman–Crippen LogP) is 17.6. The van der Waals surface area contributed by atoms with Crippen molar-refractivity contribution in [2.45, 2.75) is 245 Å². The van der Waals surface area contributed by atoms with Gasteiger partial charge in [-0.2, -0.15) is 0 Å². The first-order valence-corrected chi connectivity index (χ1v) is 27.1. The van der Waals surface area contributed by atoms with Crippen LogP contribution in [0.1, 0.15) is 239 Å². The number of unbranched alkanes of at least 4 members (excludes halogenated alkanes) is 26. The van der Waals surface area contributed by atoms with E-state index in [9.17, 15) is 19.6 Å². The number of hydrogen-bond acceptors (Lipinski definition) is 8. The fourth-order valence-corrected chi connectivity index (χ4v) is 7.27. The summed E-state index contributed by atoms with van der Waals surface area (Å²) in [5, 5.41) is 9.26. The van der Waals surface area contributed by atoms with Crippen LogP contribution in [0.3, 0.4) is 0 Å². The molecule has 0 heterocycles. The molecule has 67 heavy (non-hydrogen) atoms. The summed E-state index contributed by atoms with van der Waals surface area (Å²) in [7, 11) is 0. The van der Waals surface area contributed by atoms with Crippen LogP contribution in [0, 0.1) is 0 Å². The Hall–Kier alpha value is -3.91. The van der Waals surface area contributed by atoms with Gasteiger partial charge in [0.25, 0.3) is 0 Å². The molecule has 0 aromatic carbocycles. The van der Waals surface area contributed by atoms with Gasteiger partial charge in [-0.05, 0) is 95.6 Å². The van der Waals surface area contributed by atoms with Crippen molar-refractivity contribution in [1.82, 2.24) is 0 Å². The minimum atomic E-state index is -0.912. The minimum absolute atomic E-state index is 0.182. The van der Waals surface area contributed by atoms with Gasteiger partial charge in [-0.3, -0.25) is 9.59 Å². The first-order valence-electron chi connectivity index (χ1n) is 27.1. The van der Waals surface area contributed by atoms with Crippen molar-refractivity contribution in [1.29, 1.82) is 0 Å². The van der Waals surface area contributed by atoms with Crippen molar-refractivity contribution in [2.24, 2.45) is 0 Å². The van der Waals surface area contributed by atoms with Crippen molar-refractivity contribution in [3.63, 3.8) is 0 Å². The molecule has 1 N–H and O–H groups in total. The Morgan fingerprint density at radius 3 is 1.37 bits per heavy atom. The normalized spacial score (nSPS) is 12.9. The fourth-order valence-electron chi connectivity index (χ4n) is 7.27. The maximum atomic E-state index is 12.8. The zero-order valence-corrected chi connectivity index (χ0v) is 43.0. The predicted molar refractivity (Wildman–Crippen MR) is 282 cm³/mol. The van der Waals surface area contributed by atoms with Crippen LogP contribution in [-0.4, -0.2) is 42.5 Å². The third-order valence-electron chi connectivity index (χ3n) is 11.4. The summed E-state index contributed by atoms with van der Waals surface area (Å²) < 4.78 is 16.5. The van der Waals surface area contributed by atoms with E-state index in [1.807, 2.05) is 12.2 Å². The van der Waals surface area contributed by atoms with Crippen LogP contribution in [0.2, 0.25) is 0 Å². The summed E-state index contributed by atoms with van der Waals surface area (Å²) in [5.74, 6) is -1.22. The Morgan fingerprint density at radius 2 is 0.836 bits per heavy atom. The Kier molecular flexibility index (Phi) is 50.0. The summed E-state index contributed by atoms with van der Waals surface area (Å²) in [6.07, 6.45) is 65.7. The monoisotopic (exact) mass is 935 g/mol. The van der Waals surface area contributed by atoms with Crippen LogP contribution in [0.4, 0.5) is 0 Å². The van der Waals surface area contributed by atoms with Gasteiger partial charge >= 0.3 is 17.9 Å². The molecule has 0 bridgehead atoms. The second-order valence-corrected chi connectivity index (χ2v) is 17.8. The Labute approximate surface area is 410 Å². The van der Waals surface area contributed by atoms with Crippen molar-refractivity contribution in [2.75, 3.05) is 13.2 Å². The lowest BCUT2D eigenvalue weighted by molar-refractivity contribution is -0.198. The average molecular weight is 935 g/mol. The molecule has 0 radical (unpaired) electrons. The molecule has 0 saturated carbocycles. The molecule has 8 nitrogen and oxygen atoms in total. The summed E-state index contributed by atoms with van der Waals surface area (Å²) in [6.45, 7) is 6.29. The number of rotatable bonds is 48. The number of esters is 3. The van der Waals surface area contributed by atoms with E-state index in [1.54, 1.807) is 12.2 Å². The summed E-state index contributed by atoms with van der Waals surface area (Å²) in [4.78, 5) is 42.4. The summed E-state index contributed by atoms with van der Waals surface area (Å²) >= 11 is 0. The van der Waals surface area contributed by atoms with E-state index in [0.717, 1.165) is 83.5 Å². The van der Waals surface area contributed by atoms with Crippen LogP contribution in [-0.2, 0) is 33.5 Å². The molecule has 8 heteroatoms. The van der Waals surface area contributed by atoms with Crippen molar-refractivity contribution in [3.05, 3.63) is 96.9 Å². The van der Waals surface area contributed by atoms with Crippen molar-refractivity contribution in [3.8, 4) is 0 Å². The molecule has 0 aromatic heterocycles. The highest BCUT2D eigenvalue weighted by atomic mass is 17.1. The van der Waals surface area contributed by atoms with Gasteiger partial charge in [-0.15, -0.1) is 0 Å². The molecule has 382 valence electrons. The molecular weight excluding hydrogens is 837 g/mol. The first-order chi connectivity index (χ1) is 33.0. The molecule has 0 spiro atoms. The molecule has 0 aliphatic carbocycles. The van der Waals surface area contributed by atoms with E-state index in [0.29, 0.717) is 12.8 Å². The van der Waals surface area contributed by atoms with Gasteiger partial charge in [0.1, 0.15) is 13.2 Å². The van der Waals surface area contributed by atoms with Gasteiger partial charge in [0.05, 0.1) is 0 Å². The SMILES string of the molecule is CCCCC/C=C\C/C=C\CCCCCCCC(=O)OC(COC(=O)C=CC=CC(=CC=CC=CCCCCCCCCC)OO)COC(=O)CCCCCCC/C=C\CCCCCCCC. The maximum absolute atomic E-state index is 12.8. The Morgan fingerprint density at radius 1 is 0.418 bits per heavy atom. The summed E-state index contributed by atoms with van der Waals surface area (Å²) in [6, 6.07) is 0. The number of carbonyl (C=O) groups is 3. The van der Waals surface area contributed by atoms with Crippen LogP contribution < -0.4 is 0 Å². The third kappa shape index (κ3) is 49.8. The highest BCUT2D eigenvalue weighted by Crippen LogP contribution is 2.13. The van der Waals surface area contributed by atoms with Gasteiger partial charge in [0.15, 0.2) is 11.9 Å². The van der Waals surface area contributed by atoms with Crippen LogP contribution in [0.25, 0.3) is 0 Å². The molecule has 0 amide bonds. The van der Waals surface area contributed by atoms with Gasteiger partial charge < -0.3 is 19.1 Å². The quantitative estimate of drug-likeness (QED) is 0.00740. The number of allylic oxidation sites excluding steroid dienone is 14. The first kappa shape index (κ1) is 63.1. The van der Waals surface area contributed by atoms with Crippen LogP contribution in [0.15, 0.2) is 96.9 Å². The van der Waals surface area contributed by atoms with Crippen molar-refractivity contribution < 1.29 is 38.7 Å². The molecule has 0 saturated heterocycles. The highest BCUT2D eigenvalue weighted by Gasteiger charge is 2.19. The molecule has 0 rings (SSSR count). The zero-order chi connectivity index (χ0) is 48.8. The molecule has 1 unspecified atom stereocenters. The van der Waals surface area contributed by atoms with Gasteiger partial charge in [0, 0.05) is 18.9 Å². The number of ether oxygens (including phenoxy) is 3. The van der Waals surface area contributed by atoms with Gasteiger partial charge in [-0.1, -0.05) is 216 Å². The van der Waals surface area contributed by atoms with E-state index in [4.69, 9.17) is 14.2 Å². The van der Waals surface area contributed by atoms with Crippen LogP contribution >= 0.6 is 0 Å². The summed E-state index contributed by atoms with van der Waals surface area (Å²) in [5.41, 5.74) is 0. The molecule has 1 atom stereocenters. The molecule has 0 aliphatic rings. The largest absolute Gasteiger partial charge is 0.462 e. The smallest absolute Gasteiger partial charge is 0.330 e. The third-order valence-corrected chi connectivity index (χ3v) is 11.4. The van der Waals surface area contributed by atoms with Crippen molar-refractivity contribution >= 4 is 17.9 Å². The standard InChI is InChI=1S/C59H98O8/c1-4-7-10-13-16-19-22-25-27-29-32-35-38-41-44-50-57(60)64-53-56(66-59(62)52-45-42-39-36-33-30-28-26-23-20-17-14-11-8-5-2)54-65-58(61)51-47-46-49-55(67-63)48-43-40-37-34-31-24-21-18-15-12-9-6-3/h17,20,25-28,34,37,40,43,46-49,51,56,63H,4-16,18-19,21-24,29-33,35-36,38-39,41-42,44-45,50,52-54H2,1-3H3/b20-17-,27-25-,28-26-,37-34?,43-40?,49-46?,51-47?,55-48?. The lowest BCUT2D eigenvalue weighted by Crippen LogP contribution is -2.30. The lowest BCUT2D eigenvalue weighted by Gasteiger charge is -2.18.